The number of hydrogen-bond acceptors (Lipinski definition) is 2. The molecule has 2 rings (SSSR count). The molecule has 0 fully saturated rings. The van der Waals surface area contributed by atoms with Crippen molar-refractivity contribution in [2.75, 3.05) is 6.54 Å². The van der Waals surface area contributed by atoms with Crippen molar-refractivity contribution in [1.82, 2.24) is 0 Å². The number of alkyl halides is 1. The van der Waals surface area contributed by atoms with Crippen LogP contribution in [0.3, 0.4) is 0 Å². The Kier molecular flexibility index (Phi) is 4.48. The van der Waals surface area contributed by atoms with Crippen molar-refractivity contribution in [3.05, 3.63) is 53.6 Å². The predicted octanol–water partition coefficient (Wildman–Crippen LogP) is 3.91. The van der Waals surface area contributed by atoms with E-state index in [1.54, 1.807) is 12.1 Å². The SMILES string of the molecule is NC[C@H](Cl)Oc1ccc(Cl)cc1-c1ccccc1. The van der Waals surface area contributed by atoms with Gasteiger partial charge in [-0.2, -0.15) is 0 Å². The third kappa shape index (κ3) is 3.16. The second-order valence-electron chi connectivity index (χ2n) is 3.77. The first kappa shape index (κ1) is 13.2. The molecular weight excluding hydrogens is 269 g/mol. The average molecular weight is 282 g/mol. The minimum atomic E-state index is -0.548. The van der Waals surface area contributed by atoms with Crippen LogP contribution in [0.4, 0.5) is 0 Å². The molecule has 1 atom stereocenters. The molecule has 4 heteroatoms. The summed E-state index contributed by atoms with van der Waals surface area (Å²) >= 11 is 11.9. The maximum Gasteiger partial charge on any atom is 0.184 e. The van der Waals surface area contributed by atoms with Gasteiger partial charge in [-0.1, -0.05) is 53.5 Å². The molecule has 2 aromatic carbocycles. The summed E-state index contributed by atoms with van der Waals surface area (Å²) in [4.78, 5) is 0. The molecule has 0 heterocycles. The van der Waals surface area contributed by atoms with Crippen molar-refractivity contribution in [2.24, 2.45) is 5.73 Å². The fraction of sp³-hybridized carbons (Fsp3) is 0.143. The van der Waals surface area contributed by atoms with Crippen LogP contribution in [0.15, 0.2) is 48.5 Å². The Morgan fingerprint density at radius 3 is 2.50 bits per heavy atom. The molecule has 0 amide bonds. The first-order valence-corrected chi connectivity index (χ1v) is 6.38. The summed E-state index contributed by atoms with van der Waals surface area (Å²) in [6.45, 7) is 0.248. The van der Waals surface area contributed by atoms with E-state index in [2.05, 4.69) is 0 Å². The van der Waals surface area contributed by atoms with Crippen LogP contribution in [0.25, 0.3) is 11.1 Å². The van der Waals surface area contributed by atoms with E-state index in [9.17, 15) is 0 Å². The minimum absolute atomic E-state index is 0.248. The molecule has 0 aliphatic rings. The molecule has 2 aromatic rings. The van der Waals surface area contributed by atoms with Gasteiger partial charge in [-0.05, 0) is 23.8 Å². The van der Waals surface area contributed by atoms with Gasteiger partial charge in [0.25, 0.3) is 0 Å². The number of nitrogens with two attached hydrogens (primary N) is 1. The molecule has 2 nitrogen and oxygen atoms in total. The highest BCUT2D eigenvalue weighted by Gasteiger charge is 2.10. The van der Waals surface area contributed by atoms with Crippen LogP contribution < -0.4 is 10.5 Å². The van der Waals surface area contributed by atoms with Crippen LogP contribution in [0.1, 0.15) is 0 Å². The molecule has 2 N–H and O–H groups in total. The summed E-state index contributed by atoms with van der Waals surface area (Å²) in [7, 11) is 0. The summed E-state index contributed by atoms with van der Waals surface area (Å²) in [6.07, 6.45) is 0. The fourth-order valence-electron chi connectivity index (χ4n) is 1.63. The van der Waals surface area contributed by atoms with Crippen molar-refractivity contribution < 1.29 is 4.74 Å². The monoisotopic (exact) mass is 281 g/mol. The number of hydrogen-bond donors (Lipinski definition) is 1. The van der Waals surface area contributed by atoms with Gasteiger partial charge in [-0.15, -0.1) is 0 Å². The quantitative estimate of drug-likeness (QED) is 0.863. The van der Waals surface area contributed by atoms with E-state index in [1.807, 2.05) is 36.4 Å². The Morgan fingerprint density at radius 2 is 1.83 bits per heavy atom. The normalized spacial score (nSPS) is 12.2. The highest BCUT2D eigenvalue weighted by Crippen LogP contribution is 2.33. The Morgan fingerprint density at radius 1 is 1.11 bits per heavy atom. The van der Waals surface area contributed by atoms with Crippen LogP contribution in [-0.2, 0) is 0 Å². The van der Waals surface area contributed by atoms with Crippen LogP contribution >= 0.6 is 23.2 Å². The molecule has 0 saturated carbocycles. The maximum absolute atomic E-state index is 6.02. The number of rotatable bonds is 4. The third-order valence-corrected chi connectivity index (χ3v) is 2.97. The van der Waals surface area contributed by atoms with Gasteiger partial charge in [0.1, 0.15) is 5.75 Å². The van der Waals surface area contributed by atoms with E-state index >= 15 is 0 Å². The van der Waals surface area contributed by atoms with Crippen molar-refractivity contribution >= 4 is 23.2 Å². The standard InChI is InChI=1S/C14H13Cl2NO/c15-11-6-7-13(18-14(16)9-17)12(8-11)10-4-2-1-3-5-10/h1-8,14H,9,17H2/t14-/m1/s1. The lowest BCUT2D eigenvalue weighted by atomic mass is 10.0. The van der Waals surface area contributed by atoms with Gasteiger partial charge in [0.05, 0.1) is 0 Å². The van der Waals surface area contributed by atoms with E-state index < -0.39 is 5.56 Å². The van der Waals surface area contributed by atoms with Gasteiger partial charge >= 0.3 is 0 Å². The maximum atomic E-state index is 6.02. The van der Waals surface area contributed by atoms with Gasteiger partial charge in [0.15, 0.2) is 5.56 Å². The molecule has 0 radical (unpaired) electrons. The summed E-state index contributed by atoms with van der Waals surface area (Å²) in [5.41, 5.74) is 6.84. The first-order valence-electron chi connectivity index (χ1n) is 5.56. The first-order chi connectivity index (χ1) is 8.70. The van der Waals surface area contributed by atoms with Crippen molar-refractivity contribution in [3.63, 3.8) is 0 Å². The fourth-order valence-corrected chi connectivity index (χ4v) is 1.90. The van der Waals surface area contributed by atoms with Gasteiger partial charge in [-0.3, -0.25) is 0 Å². The molecule has 0 bridgehead atoms. The summed E-state index contributed by atoms with van der Waals surface area (Å²) in [5, 5.41) is 0.653. The minimum Gasteiger partial charge on any atom is -0.473 e. The van der Waals surface area contributed by atoms with Crippen LogP contribution in [0.2, 0.25) is 5.02 Å². The lowest BCUT2D eigenvalue weighted by Crippen LogP contribution is -2.20. The molecule has 0 saturated heterocycles. The molecule has 18 heavy (non-hydrogen) atoms. The Hall–Kier alpha value is -1.22. The lowest BCUT2D eigenvalue weighted by molar-refractivity contribution is 0.290. The van der Waals surface area contributed by atoms with Gasteiger partial charge in [0, 0.05) is 17.1 Å². The summed E-state index contributed by atoms with van der Waals surface area (Å²) < 4.78 is 5.59. The van der Waals surface area contributed by atoms with Crippen LogP contribution in [-0.4, -0.2) is 12.1 Å². The second kappa shape index (κ2) is 6.10. The molecule has 0 spiro atoms. The molecule has 0 aliphatic heterocycles. The number of benzene rings is 2. The smallest absolute Gasteiger partial charge is 0.184 e. The Balaban J connectivity index is 2.41. The molecule has 0 aliphatic carbocycles. The lowest BCUT2D eigenvalue weighted by Gasteiger charge is -2.15. The van der Waals surface area contributed by atoms with Gasteiger partial charge in [0.2, 0.25) is 0 Å². The number of halogens is 2. The van der Waals surface area contributed by atoms with E-state index in [4.69, 9.17) is 33.7 Å². The van der Waals surface area contributed by atoms with Crippen LogP contribution in [0, 0.1) is 0 Å². The Labute approximate surface area is 116 Å². The zero-order chi connectivity index (χ0) is 13.0. The van der Waals surface area contributed by atoms with Crippen molar-refractivity contribution in [3.8, 4) is 16.9 Å². The topological polar surface area (TPSA) is 35.2 Å². The Bertz CT molecular complexity index is 516. The largest absolute Gasteiger partial charge is 0.473 e. The second-order valence-corrected chi connectivity index (χ2v) is 4.69. The predicted molar refractivity (Wildman–Crippen MR) is 76.2 cm³/mol. The van der Waals surface area contributed by atoms with E-state index in [-0.39, 0.29) is 6.54 Å². The van der Waals surface area contributed by atoms with Gasteiger partial charge < -0.3 is 10.5 Å². The molecule has 0 unspecified atom stereocenters. The van der Waals surface area contributed by atoms with Crippen molar-refractivity contribution in [2.45, 2.75) is 5.56 Å². The third-order valence-electron chi connectivity index (χ3n) is 2.47. The van der Waals surface area contributed by atoms with E-state index in [1.165, 1.54) is 0 Å². The molecular formula is C14H13Cl2NO. The zero-order valence-electron chi connectivity index (χ0n) is 9.64. The highest BCUT2D eigenvalue weighted by molar-refractivity contribution is 6.31. The van der Waals surface area contributed by atoms with Crippen molar-refractivity contribution in [1.29, 1.82) is 0 Å². The molecule has 0 aromatic heterocycles. The van der Waals surface area contributed by atoms with Gasteiger partial charge in [-0.25, -0.2) is 0 Å². The average Bonchev–Trinajstić information content (AvgIpc) is 2.41. The van der Waals surface area contributed by atoms with E-state index in [0.717, 1.165) is 11.1 Å². The van der Waals surface area contributed by atoms with E-state index in [0.29, 0.717) is 10.8 Å². The van der Waals surface area contributed by atoms with Crippen LogP contribution in [0.5, 0.6) is 5.75 Å². The molecule has 94 valence electrons. The summed E-state index contributed by atoms with van der Waals surface area (Å²) in [6, 6.07) is 15.3. The zero-order valence-corrected chi connectivity index (χ0v) is 11.2. The highest BCUT2D eigenvalue weighted by atomic mass is 35.5. The summed E-state index contributed by atoms with van der Waals surface area (Å²) in [5.74, 6) is 0.677. The number of ether oxygens (including phenoxy) is 1.